The maximum atomic E-state index is 12.7. The smallest absolute Gasteiger partial charge is 0.275 e. The zero-order valence-corrected chi connectivity index (χ0v) is 13.3. The molecule has 116 valence electrons. The third-order valence-electron chi connectivity index (χ3n) is 4.15. The lowest BCUT2D eigenvalue weighted by atomic mass is 9.92. The fourth-order valence-electron chi connectivity index (χ4n) is 3.12. The number of halogens is 2. The van der Waals surface area contributed by atoms with Gasteiger partial charge in [0.25, 0.3) is 5.91 Å². The molecule has 6 heteroatoms. The Bertz CT molecular complexity index is 822. The van der Waals surface area contributed by atoms with Crippen LogP contribution >= 0.6 is 23.2 Å². The van der Waals surface area contributed by atoms with Crippen molar-refractivity contribution in [3.63, 3.8) is 0 Å². The minimum absolute atomic E-state index is 0.257. The van der Waals surface area contributed by atoms with Crippen LogP contribution in [0, 0.1) is 5.92 Å². The van der Waals surface area contributed by atoms with Crippen LogP contribution in [0.15, 0.2) is 42.5 Å². The van der Waals surface area contributed by atoms with E-state index in [4.69, 9.17) is 27.9 Å². The van der Waals surface area contributed by atoms with Crippen molar-refractivity contribution in [2.24, 2.45) is 5.92 Å². The van der Waals surface area contributed by atoms with Crippen LogP contribution in [0.3, 0.4) is 0 Å². The number of fused-ring (bicyclic) bond motifs is 2. The molecule has 0 spiro atoms. The molecule has 1 fully saturated rings. The molecular weight excluding hydrogens is 337 g/mol. The summed E-state index contributed by atoms with van der Waals surface area (Å²) in [7, 11) is 0. The Morgan fingerprint density at radius 2 is 1.78 bits per heavy atom. The largest absolute Gasteiger partial charge is 0.478 e. The van der Waals surface area contributed by atoms with E-state index in [1.165, 1.54) is 4.90 Å². The predicted molar refractivity (Wildman–Crippen MR) is 87.0 cm³/mol. The van der Waals surface area contributed by atoms with Crippen LogP contribution in [0.2, 0.25) is 10.0 Å². The van der Waals surface area contributed by atoms with E-state index in [0.29, 0.717) is 27.9 Å². The van der Waals surface area contributed by atoms with Crippen LogP contribution in [0.1, 0.15) is 5.56 Å². The van der Waals surface area contributed by atoms with Crippen LogP contribution in [0.5, 0.6) is 5.75 Å². The van der Waals surface area contributed by atoms with E-state index < -0.39 is 12.0 Å². The molecule has 0 N–H and O–H groups in total. The summed E-state index contributed by atoms with van der Waals surface area (Å²) in [6.07, 6.45) is -0.456. The highest BCUT2D eigenvalue weighted by Crippen LogP contribution is 2.42. The minimum Gasteiger partial charge on any atom is -0.478 e. The zero-order chi connectivity index (χ0) is 16.1. The van der Waals surface area contributed by atoms with Gasteiger partial charge in [-0.25, -0.2) is 4.90 Å². The number of anilines is 1. The lowest BCUT2D eigenvalue weighted by molar-refractivity contribution is -0.124. The number of rotatable bonds is 1. The third kappa shape index (κ3) is 2.21. The maximum Gasteiger partial charge on any atom is 0.275 e. The summed E-state index contributed by atoms with van der Waals surface area (Å²) in [6.45, 7) is 0. The molecule has 4 nitrogen and oxygen atoms in total. The van der Waals surface area contributed by atoms with Gasteiger partial charge in [0.15, 0.2) is 6.10 Å². The van der Waals surface area contributed by atoms with E-state index in [9.17, 15) is 9.59 Å². The molecule has 4 rings (SSSR count). The fraction of sp³-hybridized carbons (Fsp3) is 0.176. The first kappa shape index (κ1) is 14.5. The minimum atomic E-state index is -0.839. The van der Waals surface area contributed by atoms with E-state index in [0.717, 1.165) is 5.56 Å². The van der Waals surface area contributed by atoms with E-state index in [1.54, 1.807) is 36.4 Å². The average Bonchev–Trinajstić information content (AvgIpc) is 2.77. The number of amides is 2. The summed E-state index contributed by atoms with van der Waals surface area (Å²) in [5.74, 6) is -0.728. The molecular formula is C17H11Cl2NO3. The third-order valence-corrected chi connectivity index (χ3v) is 4.65. The normalized spacial score (nSPS) is 22.6. The standard InChI is InChI=1S/C17H11Cl2NO3/c18-10-6-9-7-12-15(23-14(9)13(19)8-10)17(22)20(16(12)21)11-4-2-1-3-5-11/h1-6,8,12,15H,7H2. The SMILES string of the molecule is O=C1C2Cc3cc(Cl)cc(Cl)c3OC2C(=O)N1c1ccccc1. The quantitative estimate of drug-likeness (QED) is 0.742. The van der Waals surface area contributed by atoms with Gasteiger partial charge in [-0.3, -0.25) is 9.59 Å². The highest BCUT2D eigenvalue weighted by atomic mass is 35.5. The summed E-state index contributed by atoms with van der Waals surface area (Å²) in [5.41, 5.74) is 1.30. The Labute approximate surface area is 142 Å². The van der Waals surface area contributed by atoms with Crippen LogP contribution in [-0.2, 0) is 16.0 Å². The monoisotopic (exact) mass is 347 g/mol. The Morgan fingerprint density at radius 1 is 1.04 bits per heavy atom. The van der Waals surface area contributed by atoms with E-state index in [-0.39, 0.29) is 11.8 Å². The Kier molecular flexibility index (Phi) is 3.32. The molecule has 2 aromatic carbocycles. The Balaban J connectivity index is 1.75. The predicted octanol–water partition coefficient (Wildman–Crippen LogP) is 3.49. The van der Waals surface area contributed by atoms with Gasteiger partial charge in [0.1, 0.15) is 5.75 Å². The zero-order valence-electron chi connectivity index (χ0n) is 11.8. The first-order valence-electron chi connectivity index (χ1n) is 7.13. The number of hydrogen-bond acceptors (Lipinski definition) is 3. The van der Waals surface area contributed by atoms with Crippen LogP contribution < -0.4 is 9.64 Å². The van der Waals surface area contributed by atoms with Gasteiger partial charge in [0.2, 0.25) is 5.91 Å². The number of carbonyl (C=O) groups excluding carboxylic acids is 2. The highest BCUT2D eigenvalue weighted by Gasteiger charge is 2.52. The van der Waals surface area contributed by atoms with Gasteiger partial charge >= 0.3 is 0 Å². The van der Waals surface area contributed by atoms with Crippen molar-refractivity contribution in [3.8, 4) is 5.75 Å². The molecule has 2 aliphatic heterocycles. The van der Waals surface area contributed by atoms with Gasteiger partial charge in [0, 0.05) is 5.02 Å². The molecule has 0 saturated carbocycles. The molecule has 0 aromatic heterocycles. The maximum absolute atomic E-state index is 12.7. The van der Waals surface area contributed by atoms with E-state index >= 15 is 0 Å². The molecule has 2 aliphatic rings. The van der Waals surface area contributed by atoms with Crippen molar-refractivity contribution in [3.05, 3.63) is 58.1 Å². The average molecular weight is 348 g/mol. The number of hydrogen-bond donors (Lipinski definition) is 0. The van der Waals surface area contributed by atoms with Crippen molar-refractivity contribution in [1.82, 2.24) is 0 Å². The molecule has 0 bridgehead atoms. The summed E-state index contributed by atoms with van der Waals surface area (Å²) in [5, 5.41) is 0.830. The second kappa shape index (κ2) is 5.25. The molecule has 2 unspecified atom stereocenters. The molecule has 0 aliphatic carbocycles. The summed E-state index contributed by atoms with van der Waals surface area (Å²) in [6, 6.07) is 12.1. The number of carbonyl (C=O) groups is 2. The van der Waals surface area contributed by atoms with E-state index in [1.807, 2.05) is 6.07 Å². The van der Waals surface area contributed by atoms with Crippen molar-refractivity contribution in [2.75, 3.05) is 4.90 Å². The first-order chi connectivity index (χ1) is 11.1. The van der Waals surface area contributed by atoms with Crippen molar-refractivity contribution in [2.45, 2.75) is 12.5 Å². The van der Waals surface area contributed by atoms with Gasteiger partial charge in [0.05, 0.1) is 16.6 Å². The lowest BCUT2D eigenvalue weighted by Gasteiger charge is -2.26. The van der Waals surface area contributed by atoms with Crippen LogP contribution in [0.4, 0.5) is 5.69 Å². The topological polar surface area (TPSA) is 46.6 Å². The van der Waals surface area contributed by atoms with Crippen molar-refractivity contribution >= 4 is 40.7 Å². The number of benzene rings is 2. The molecule has 2 aromatic rings. The molecule has 2 amide bonds. The van der Waals surface area contributed by atoms with Crippen LogP contribution in [-0.4, -0.2) is 17.9 Å². The molecule has 0 radical (unpaired) electrons. The molecule has 2 atom stereocenters. The second-order valence-corrected chi connectivity index (χ2v) is 6.42. The summed E-state index contributed by atoms with van der Waals surface area (Å²) >= 11 is 12.2. The van der Waals surface area contributed by atoms with Crippen molar-refractivity contribution in [1.29, 1.82) is 0 Å². The fourth-order valence-corrected chi connectivity index (χ4v) is 3.70. The van der Waals surface area contributed by atoms with Gasteiger partial charge in [-0.05, 0) is 36.2 Å². The Morgan fingerprint density at radius 3 is 2.52 bits per heavy atom. The lowest BCUT2D eigenvalue weighted by Crippen LogP contribution is -2.36. The van der Waals surface area contributed by atoms with E-state index in [2.05, 4.69) is 0 Å². The summed E-state index contributed by atoms with van der Waals surface area (Å²) < 4.78 is 5.77. The number of para-hydroxylation sites is 1. The number of ether oxygens (including phenoxy) is 1. The summed E-state index contributed by atoms with van der Waals surface area (Å²) in [4.78, 5) is 26.5. The van der Waals surface area contributed by atoms with Gasteiger partial charge in [-0.1, -0.05) is 41.4 Å². The van der Waals surface area contributed by atoms with Crippen LogP contribution in [0.25, 0.3) is 0 Å². The molecule has 23 heavy (non-hydrogen) atoms. The molecule has 2 heterocycles. The Hall–Kier alpha value is -2.04. The number of imide groups is 1. The van der Waals surface area contributed by atoms with Crippen molar-refractivity contribution < 1.29 is 14.3 Å². The second-order valence-electron chi connectivity index (χ2n) is 5.57. The first-order valence-corrected chi connectivity index (χ1v) is 7.89. The number of nitrogens with zero attached hydrogens (tertiary/aromatic N) is 1. The van der Waals surface area contributed by atoms with Gasteiger partial charge in [-0.15, -0.1) is 0 Å². The molecule has 1 saturated heterocycles. The van der Waals surface area contributed by atoms with Gasteiger partial charge in [-0.2, -0.15) is 0 Å². The highest BCUT2D eigenvalue weighted by molar-refractivity contribution is 6.36. The van der Waals surface area contributed by atoms with Gasteiger partial charge < -0.3 is 4.74 Å².